The first-order chi connectivity index (χ1) is 8.75. The second-order valence-corrected chi connectivity index (χ2v) is 5.60. The minimum Gasteiger partial charge on any atom is -0.256 e. The third-order valence-corrected chi connectivity index (χ3v) is 4.14. The third kappa shape index (κ3) is 1.98. The summed E-state index contributed by atoms with van der Waals surface area (Å²) in [5, 5.41) is 11.0. The molecule has 3 rings (SSSR count). The minimum atomic E-state index is -0.107. The van der Waals surface area contributed by atoms with Crippen molar-refractivity contribution in [3.05, 3.63) is 41.5 Å². The zero-order valence-electron chi connectivity index (χ0n) is 9.67. The van der Waals surface area contributed by atoms with E-state index in [-0.39, 0.29) is 5.38 Å². The van der Waals surface area contributed by atoms with E-state index in [0.717, 1.165) is 26.5 Å². The molecule has 1 atom stereocenters. The summed E-state index contributed by atoms with van der Waals surface area (Å²) in [7, 11) is 0. The molecule has 18 heavy (non-hydrogen) atoms. The van der Waals surface area contributed by atoms with Gasteiger partial charge in [0.25, 0.3) is 0 Å². The van der Waals surface area contributed by atoms with E-state index in [1.165, 1.54) is 11.3 Å². The van der Waals surface area contributed by atoms with E-state index in [9.17, 15) is 0 Å². The smallest absolute Gasteiger partial charge is 0.148 e. The molecule has 0 aliphatic carbocycles. The highest BCUT2D eigenvalue weighted by Gasteiger charge is 2.12. The molecule has 90 valence electrons. The maximum absolute atomic E-state index is 6.02. The topological polar surface area (TPSA) is 38.7 Å². The first-order valence-electron chi connectivity index (χ1n) is 5.57. The predicted octanol–water partition coefficient (Wildman–Crippen LogP) is 4.05. The van der Waals surface area contributed by atoms with E-state index < -0.39 is 0 Å². The fraction of sp³-hybridized carbons (Fsp3) is 0.154. The fourth-order valence-electron chi connectivity index (χ4n) is 1.79. The van der Waals surface area contributed by atoms with Gasteiger partial charge in [0, 0.05) is 17.1 Å². The second-order valence-electron chi connectivity index (χ2n) is 3.94. The molecule has 0 radical (unpaired) electrons. The van der Waals surface area contributed by atoms with E-state index in [1.807, 2.05) is 37.3 Å². The number of halogens is 1. The van der Waals surface area contributed by atoms with Crippen molar-refractivity contribution in [3.8, 4) is 10.6 Å². The number of benzene rings is 1. The molecule has 0 saturated heterocycles. The molecule has 2 heterocycles. The number of rotatable bonds is 2. The number of fused-ring (bicyclic) bond motifs is 1. The Balaban J connectivity index is 2.18. The summed E-state index contributed by atoms with van der Waals surface area (Å²) >= 11 is 7.54. The fourth-order valence-corrected chi connectivity index (χ4v) is 2.78. The van der Waals surface area contributed by atoms with E-state index >= 15 is 0 Å². The Morgan fingerprint density at radius 2 is 2.00 bits per heavy atom. The number of aromatic nitrogens is 3. The second kappa shape index (κ2) is 4.63. The summed E-state index contributed by atoms with van der Waals surface area (Å²) in [6.07, 6.45) is 1.79. The maximum atomic E-state index is 6.02. The lowest BCUT2D eigenvalue weighted by molar-refractivity contribution is 0.963. The summed E-state index contributed by atoms with van der Waals surface area (Å²) in [5.74, 6) is 0. The predicted molar refractivity (Wildman–Crippen MR) is 74.9 cm³/mol. The molecule has 0 N–H and O–H groups in total. The SMILES string of the molecule is CC(Cl)c1nnc(-c2ccnc3ccccc23)s1. The Morgan fingerprint density at radius 3 is 2.78 bits per heavy atom. The van der Waals surface area contributed by atoms with Crippen LogP contribution in [0.4, 0.5) is 0 Å². The number of pyridine rings is 1. The van der Waals surface area contributed by atoms with Gasteiger partial charge in [-0.2, -0.15) is 0 Å². The lowest BCUT2D eigenvalue weighted by Gasteiger charge is -2.01. The van der Waals surface area contributed by atoms with Gasteiger partial charge in [-0.3, -0.25) is 4.98 Å². The van der Waals surface area contributed by atoms with Crippen molar-refractivity contribution in [2.45, 2.75) is 12.3 Å². The molecule has 1 unspecified atom stereocenters. The van der Waals surface area contributed by atoms with Crippen LogP contribution >= 0.6 is 22.9 Å². The van der Waals surface area contributed by atoms with Gasteiger partial charge in [0.15, 0.2) is 0 Å². The van der Waals surface area contributed by atoms with E-state index in [4.69, 9.17) is 11.6 Å². The Morgan fingerprint density at radius 1 is 1.17 bits per heavy atom. The Bertz CT molecular complexity index is 688. The first-order valence-corrected chi connectivity index (χ1v) is 6.82. The van der Waals surface area contributed by atoms with Crippen molar-refractivity contribution in [1.82, 2.24) is 15.2 Å². The molecule has 0 fully saturated rings. The average Bonchev–Trinajstić information content (AvgIpc) is 2.87. The highest BCUT2D eigenvalue weighted by Crippen LogP contribution is 2.32. The largest absolute Gasteiger partial charge is 0.256 e. The summed E-state index contributed by atoms with van der Waals surface area (Å²) in [6, 6.07) is 9.98. The van der Waals surface area contributed by atoms with Crippen LogP contribution in [0.15, 0.2) is 36.5 Å². The molecule has 5 heteroatoms. The Labute approximate surface area is 113 Å². The summed E-state index contributed by atoms with van der Waals surface area (Å²) in [6.45, 7) is 1.90. The minimum absolute atomic E-state index is 0.107. The van der Waals surface area contributed by atoms with Crippen LogP contribution in [0.3, 0.4) is 0 Å². The van der Waals surface area contributed by atoms with Gasteiger partial charge in [-0.05, 0) is 19.1 Å². The van der Waals surface area contributed by atoms with Gasteiger partial charge >= 0.3 is 0 Å². The third-order valence-electron chi connectivity index (χ3n) is 2.66. The van der Waals surface area contributed by atoms with Crippen molar-refractivity contribution in [3.63, 3.8) is 0 Å². The van der Waals surface area contributed by atoms with Gasteiger partial charge in [0.2, 0.25) is 0 Å². The van der Waals surface area contributed by atoms with Crippen LogP contribution < -0.4 is 0 Å². The van der Waals surface area contributed by atoms with Gasteiger partial charge in [-0.15, -0.1) is 21.8 Å². The van der Waals surface area contributed by atoms with Crippen LogP contribution in [0.2, 0.25) is 0 Å². The monoisotopic (exact) mass is 275 g/mol. The normalized spacial score (nSPS) is 12.8. The van der Waals surface area contributed by atoms with E-state index in [0.29, 0.717) is 0 Å². The molecule has 0 saturated carbocycles. The van der Waals surface area contributed by atoms with Crippen molar-refractivity contribution < 1.29 is 0 Å². The Kier molecular flexibility index (Phi) is 2.97. The van der Waals surface area contributed by atoms with Crippen molar-refractivity contribution in [1.29, 1.82) is 0 Å². The molecule has 0 aliphatic rings. The van der Waals surface area contributed by atoms with Gasteiger partial charge in [-0.1, -0.05) is 29.5 Å². The summed E-state index contributed by atoms with van der Waals surface area (Å²) in [4.78, 5) is 4.34. The van der Waals surface area contributed by atoms with Crippen LogP contribution in [-0.2, 0) is 0 Å². The standard InChI is InChI=1S/C13H10ClN3S/c1-8(14)12-16-17-13(18-12)10-6-7-15-11-5-3-2-4-9(10)11/h2-8H,1H3. The number of nitrogens with zero attached hydrogens (tertiary/aromatic N) is 3. The molecule has 2 aromatic heterocycles. The number of hydrogen-bond donors (Lipinski definition) is 0. The van der Waals surface area contributed by atoms with Crippen LogP contribution in [0, 0.1) is 0 Å². The molecule has 0 bridgehead atoms. The van der Waals surface area contributed by atoms with E-state index in [1.54, 1.807) is 6.20 Å². The lowest BCUT2D eigenvalue weighted by atomic mass is 10.1. The highest BCUT2D eigenvalue weighted by atomic mass is 35.5. The zero-order chi connectivity index (χ0) is 12.5. The van der Waals surface area contributed by atoms with Crippen molar-refractivity contribution in [2.75, 3.05) is 0 Å². The van der Waals surface area contributed by atoms with E-state index in [2.05, 4.69) is 15.2 Å². The molecule has 3 nitrogen and oxygen atoms in total. The first kappa shape index (κ1) is 11.6. The van der Waals surface area contributed by atoms with Crippen LogP contribution in [0.1, 0.15) is 17.3 Å². The Hall–Kier alpha value is -1.52. The summed E-state index contributed by atoms with van der Waals surface area (Å²) < 4.78 is 0. The van der Waals surface area contributed by atoms with Gasteiger partial charge in [0.05, 0.1) is 10.9 Å². The molecule has 1 aromatic carbocycles. The lowest BCUT2D eigenvalue weighted by Crippen LogP contribution is -1.83. The number of hydrogen-bond acceptors (Lipinski definition) is 4. The molecule has 3 aromatic rings. The van der Waals surface area contributed by atoms with Crippen molar-refractivity contribution in [2.24, 2.45) is 0 Å². The highest BCUT2D eigenvalue weighted by molar-refractivity contribution is 7.15. The molecule has 0 spiro atoms. The molecular formula is C13H10ClN3S. The van der Waals surface area contributed by atoms with Crippen molar-refractivity contribution >= 4 is 33.8 Å². The molecular weight excluding hydrogens is 266 g/mol. The van der Waals surface area contributed by atoms with Crippen LogP contribution in [0.5, 0.6) is 0 Å². The van der Waals surface area contributed by atoms with Crippen LogP contribution in [0.25, 0.3) is 21.5 Å². The van der Waals surface area contributed by atoms with Gasteiger partial charge in [0.1, 0.15) is 10.0 Å². The summed E-state index contributed by atoms with van der Waals surface area (Å²) in [5.41, 5.74) is 2.02. The molecule has 0 amide bonds. The maximum Gasteiger partial charge on any atom is 0.148 e. The van der Waals surface area contributed by atoms with Gasteiger partial charge in [-0.25, -0.2) is 0 Å². The molecule has 0 aliphatic heterocycles. The zero-order valence-corrected chi connectivity index (χ0v) is 11.2. The average molecular weight is 276 g/mol. The number of alkyl halides is 1. The number of para-hydroxylation sites is 1. The quantitative estimate of drug-likeness (QED) is 0.662. The van der Waals surface area contributed by atoms with Gasteiger partial charge < -0.3 is 0 Å². The van der Waals surface area contributed by atoms with Crippen LogP contribution in [-0.4, -0.2) is 15.2 Å².